The summed E-state index contributed by atoms with van der Waals surface area (Å²) in [6.07, 6.45) is 0.749. The molecule has 1 heterocycles. The molecule has 0 radical (unpaired) electrons. The lowest BCUT2D eigenvalue weighted by molar-refractivity contribution is -0.0581. The predicted octanol–water partition coefficient (Wildman–Crippen LogP) is 2.78. The topological polar surface area (TPSA) is 55.5 Å². The first-order chi connectivity index (χ1) is 8.60. The quantitative estimate of drug-likeness (QED) is 0.900. The van der Waals surface area contributed by atoms with Crippen molar-refractivity contribution in [2.45, 2.75) is 18.9 Å². The molecule has 0 saturated carbocycles. The maximum absolute atomic E-state index is 10.6. The highest BCUT2D eigenvalue weighted by molar-refractivity contribution is 6.42. The summed E-state index contributed by atoms with van der Waals surface area (Å²) < 4.78 is 5.34. The summed E-state index contributed by atoms with van der Waals surface area (Å²) in [5, 5.41) is 11.5. The number of hydrogen-bond donors (Lipinski definition) is 2. The Kier molecular flexibility index (Phi) is 4.51. The van der Waals surface area contributed by atoms with E-state index in [1.807, 2.05) is 0 Å². The van der Waals surface area contributed by atoms with Crippen LogP contribution < -0.4 is 5.73 Å². The smallest absolute Gasteiger partial charge is 0.0874 e. The van der Waals surface area contributed by atoms with Crippen LogP contribution in [0.5, 0.6) is 0 Å². The summed E-state index contributed by atoms with van der Waals surface area (Å²) in [5.41, 5.74) is 6.15. The predicted molar refractivity (Wildman–Crippen MR) is 73.0 cm³/mol. The lowest BCUT2D eigenvalue weighted by Gasteiger charge is -2.40. The lowest BCUT2D eigenvalue weighted by atomic mass is 9.73. The Morgan fingerprint density at radius 3 is 2.61 bits per heavy atom. The van der Waals surface area contributed by atoms with Crippen molar-refractivity contribution in [3.05, 3.63) is 33.8 Å². The van der Waals surface area contributed by atoms with Crippen molar-refractivity contribution in [3.8, 4) is 0 Å². The highest BCUT2D eigenvalue weighted by Gasteiger charge is 2.40. The first-order valence-electron chi connectivity index (χ1n) is 6.00. The average molecular weight is 290 g/mol. The Balaban J connectivity index is 2.33. The van der Waals surface area contributed by atoms with Gasteiger partial charge in [-0.2, -0.15) is 0 Å². The number of hydrogen-bond acceptors (Lipinski definition) is 3. The number of aliphatic hydroxyl groups is 1. The van der Waals surface area contributed by atoms with Crippen molar-refractivity contribution in [1.82, 2.24) is 0 Å². The summed E-state index contributed by atoms with van der Waals surface area (Å²) in [7, 11) is 0. The summed E-state index contributed by atoms with van der Waals surface area (Å²) in [6, 6.07) is 5.29. The van der Waals surface area contributed by atoms with E-state index >= 15 is 0 Å². The van der Waals surface area contributed by atoms with Crippen molar-refractivity contribution >= 4 is 23.2 Å². The van der Waals surface area contributed by atoms with Gasteiger partial charge in [-0.25, -0.2) is 0 Å². The molecule has 1 aliphatic rings. The summed E-state index contributed by atoms with van der Waals surface area (Å²) in [6.45, 7) is 1.64. The summed E-state index contributed by atoms with van der Waals surface area (Å²) in [5.74, 6) is 0. The molecular weight excluding hydrogens is 273 g/mol. The molecule has 1 unspecified atom stereocenters. The van der Waals surface area contributed by atoms with Gasteiger partial charge in [0.2, 0.25) is 0 Å². The number of ether oxygens (including phenoxy) is 1. The van der Waals surface area contributed by atoms with Crippen LogP contribution >= 0.6 is 23.2 Å². The molecule has 0 bridgehead atoms. The van der Waals surface area contributed by atoms with Crippen LogP contribution in [-0.2, 0) is 4.74 Å². The zero-order chi connectivity index (χ0) is 13.2. The molecule has 2 rings (SSSR count). The zero-order valence-electron chi connectivity index (χ0n) is 10.0. The number of halogens is 2. The molecule has 1 aromatic carbocycles. The zero-order valence-corrected chi connectivity index (χ0v) is 11.5. The lowest BCUT2D eigenvalue weighted by Crippen LogP contribution is -2.41. The molecule has 1 aromatic rings. The van der Waals surface area contributed by atoms with Crippen LogP contribution in [0.25, 0.3) is 0 Å². The summed E-state index contributed by atoms with van der Waals surface area (Å²) >= 11 is 12.1. The fraction of sp³-hybridized carbons (Fsp3) is 0.538. The van der Waals surface area contributed by atoms with Crippen molar-refractivity contribution < 1.29 is 9.84 Å². The monoisotopic (exact) mass is 289 g/mol. The Hall–Kier alpha value is -0.320. The Bertz CT molecular complexity index is 419. The molecule has 3 nitrogen and oxygen atoms in total. The minimum atomic E-state index is -0.711. The molecule has 0 amide bonds. The molecule has 100 valence electrons. The van der Waals surface area contributed by atoms with Crippen LogP contribution in [0.3, 0.4) is 0 Å². The maximum Gasteiger partial charge on any atom is 0.0874 e. The minimum absolute atomic E-state index is 0.368. The van der Waals surface area contributed by atoms with Gasteiger partial charge >= 0.3 is 0 Å². The van der Waals surface area contributed by atoms with Crippen molar-refractivity contribution in [2.24, 2.45) is 11.1 Å². The molecule has 0 spiro atoms. The second-order valence-corrected chi connectivity index (χ2v) is 5.51. The fourth-order valence-corrected chi connectivity index (χ4v) is 2.84. The standard InChI is InChI=1S/C13H17Cl2NO2/c14-10-3-1-2-9(11(10)15)12(17)13(8-16)4-6-18-7-5-13/h1-3,12,17H,4-8,16H2. The van der Waals surface area contributed by atoms with Crippen LogP contribution in [-0.4, -0.2) is 24.9 Å². The van der Waals surface area contributed by atoms with Crippen LogP contribution in [0, 0.1) is 5.41 Å². The van der Waals surface area contributed by atoms with E-state index in [2.05, 4.69) is 0 Å². The minimum Gasteiger partial charge on any atom is -0.388 e. The first kappa shape index (κ1) is 14.1. The van der Waals surface area contributed by atoms with Crippen molar-refractivity contribution in [2.75, 3.05) is 19.8 Å². The van der Waals surface area contributed by atoms with E-state index in [1.54, 1.807) is 18.2 Å². The third kappa shape index (κ3) is 2.51. The number of nitrogens with two attached hydrogens (primary N) is 1. The SMILES string of the molecule is NCC1(C(O)c2cccc(Cl)c2Cl)CCOCC1. The van der Waals surface area contributed by atoms with Gasteiger partial charge in [0.15, 0.2) is 0 Å². The van der Waals surface area contributed by atoms with Gasteiger partial charge in [0.1, 0.15) is 0 Å². The van der Waals surface area contributed by atoms with Crippen LogP contribution in [0.1, 0.15) is 24.5 Å². The van der Waals surface area contributed by atoms with Gasteiger partial charge in [-0.15, -0.1) is 0 Å². The number of rotatable bonds is 3. The van der Waals surface area contributed by atoms with Gasteiger partial charge in [-0.3, -0.25) is 0 Å². The van der Waals surface area contributed by atoms with Gasteiger partial charge in [-0.1, -0.05) is 35.3 Å². The highest BCUT2D eigenvalue weighted by atomic mass is 35.5. The first-order valence-corrected chi connectivity index (χ1v) is 6.76. The molecule has 1 fully saturated rings. The largest absolute Gasteiger partial charge is 0.388 e. The van der Waals surface area contributed by atoms with E-state index in [-0.39, 0.29) is 5.41 Å². The van der Waals surface area contributed by atoms with Crippen LogP contribution in [0.15, 0.2) is 18.2 Å². The second-order valence-electron chi connectivity index (χ2n) is 4.72. The van der Waals surface area contributed by atoms with Gasteiger partial charge in [0.05, 0.1) is 16.1 Å². The Morgan fingerprint density at radius 1 is 1.33 bits per heavy atom. The molecule has 1 atom stereocenters. The van der Waals surface area contributed by atoms with Crippen molar-refractivity contribution in [1.29, 1.82) is 0 Å². The molecule has 0 aromatic heterocycles. The molecule has 1 aliphatic heterocycles. The van der Waals surface area contributed by atoms with Gasteiger partial charge in [0.25, 0.3) is 0 Å². The van der Waals surface area contributed by atoms with E-state index in [0.717, 1.165) is 12.8 Å². The fourth-order valence-electron chi connectivity index (χ4n) is 2.43. The molecule has 18 heavy (non-hydrogen) atoms. The summed E-state index contributed by atoms with van der Waals surface area (Å²) in [4.78, 5) is 0. The Labute approximate surface area is 117 Å². The Morgan fingerprint density at radius 2 is 2.00 bits per heavy atom. The van der Waals surface area contributed by atoms with Crippen LogP contribution in [0.2, 0.25) is 10.0 Å². The molecule has 0 aliphatic carbocycles. The maximum atomic E-state index is 10.6. The number of aliphatic hydroxyl groups excluding tert-OH is 1. The number of benzene rings is 1. The van der Waals surface area contributed by atoms with E-state index in [4.69, 9.17) is 33.7 Å². The van der Waals surface area contributed by atoms with E-state index in [0.29, 0.717) is 35.4 Å². The average Bonchev–Trinajstić information content (AvgIpc) is 2.42. The van der Waals surface area contributed by atoms with Crippen LogP contribution in [0.4, 0.5) is 0 Å². The van der Waals surface area contributed by atoms with Gasteiger partial charge < -0.3 is 15.6 Å². The van der Waals surface area contributed by atoms with E-state index in [9.17, 15) is 5.11 Å². The molecule has 1 saturated heterocycles. The highest BCUT2D eigenvalue weighted by Crippen LogP contribution is 2.44. The third-order valence-corrected chi connectivity index (χ3v) is 4.58. The molecule has 3 N–H and O–H groups in total. The van der Waals surface area contributed by atoms with E-state index in [1.165, 1.54) is 0 Å². The molecular formula is C13H17Cl2NO2. The van der Waals surface area contributed by atoms with E-state index < -0.39 is 6.10 Å². The van der Waals surface area contributed by atoms with Gasteiger partial charge in [-0.05, 0) is 18.9 Å². The normalized spacial score (nSPS) is 20.7. The second kappa shape index (κ2) is 5.76. The van der Waals surface area contributed by atoms with Crippen molar-refractivity contribution in [3.63, 3.8) is 0 Å². The third-order valence-electron chi connectivity index (χ3n) is 3.75. The van der Waals surface area contributed by atoms with Gasteiger partial charge in [0, 0.05) is 30.7 Å². The molecule has 5 heteroatoms.